The Balaban J connectivity index is 1.61. The lowest BCUT2D eigenvalue weighted by Crippen LogP contribution is -2.31. The molecule has 0 unspecified atom stereocenters. The average Bonchev–Trinajstić information content (AvgIpc) is 3.08. The average molecular weight is 371 g/mol. The number of aromatic amines is 1. The van der Waals surface area contributed by atoms with Crippen molar-refractivity contribution in [3.8, 4) is 11.5 Å². The Kier molecular flexibility index (Phi) is 4.47. The maximum absolute atomic E-state index is 13.0. The highest BCUT2D eigenvalue weighted by Crippen LogP contribution is 2.34. The number of aromatic nitrogens is 1. The van der Waals surface area contributed by atoms with Crippen molar-refractivity contribution >= 4 is 28.4 Å². The van der Waals surface area contributed by atoms with E-state index in [4.69, 9.17) is 21.1 Å². The molecule has 3 aromatic rings. The number of fused-ring (bicyclic) bond motifs is 2. The third-order valence-electron chi connectivity index (χ3n) is 4.49. The van der Waals surface area contributed by atoms with E-state index in [0.29, 0.717) is 37.0 Å². The molecule has 2 heterocycles. The summed E-state index contributed by atoms with van der Waals surface area (Å²) in [5.41, 5.74) is 2.34. The van der Waals surface area contributed by atoms with Gasteiger partial charge in [0.15, 0.2) is 11.5 Å². The van der Waals surface area contributed by atoms with Crippen LogP contribution in [-0.4, -0.2) is 35.5 Å². The van der Waals surface area contributed by atoms with E-state index in [1.165, 1.54) is 0 Å². The number of benzene rings is 2. The number of amides is 1. The fraction of sp³-hybridized carbons (Fsp3) is 0.250. The molecule has 1 amide bonds. The minimum atomic E-state index is -0.0610. The highest BCUT2D eigenvalue weighted by atomic mass is 35.5. The van der Waals surface area contributed by atoms with E-state index >= 15 is 0 Å². The van der Waals surface area contributed by atoms with E-state index in [9.17, 15) is 4.79 Å². The van der Waals surface area contributed by atoms with E-state index in [2.05, 4.69) is 4.98 Å². The zero-order valence-corrected chi connectivity index (χ0v) is 15.2. The van der Waals surface area contributed by atoms with Crippen LogP contribution in [0.2, 0.25) is 5.02 Å². The van der Waals surface area contributed by atoms with Crippen LogP contribution in [0.3, 0.4) is 0 Å². The van der Waals surface area contributed by atoms with Crippen LogP contribution in [-0.2, 0) is 6.54 Å². The lowest BCUT2D eigenvalue weighted by Gasteiger charge is -2.25. The molecule has 0 fully saturated rings. The first-order chi connectivity index (χ1) is 12.7. The molecule has 2 aromatic carbocycles. The van der Waals surface area contributed by atoms with Gasteiger partial charge in [0.25, 0.3) is 5.91 Å². The Morgan fingerprint density at radius 2 is 2.04 bits per heavy atom. The number of H-pyrrole nitrogens is 1. The fourth-order valence-corrected chi connectivity index (χ4v) is 3.35. The number of carbonyl (C=O) groups excluding carboxylic acids is 1. The Hall–Kier alpha value is -2.66. The van der Waals surface area contributed by atoms with Gasteiger partial charge in [0.2, 0.25) is 0 Å². The van der Waals surface area contributed by atoms with E-state index in [1.807, 2.05) is 49.4 Å². The van der Waals surface area contributed by atoms with Crippen LogP contribution in [0.25, 0.3) is 10.9 Å². The molecule has 6 heteroatoms. The highest BCUT2D eigenvalue weighted by molar-refractivity contribution is 6.31. The van der Waals surface area contributed by atoms with Gasteiger partial charge in [-0.15, -0.1) is 0 Å². The summed E-state index contributed by atoms with van der Waals surface area (Å²) in [6.45, 7) is 4.07. The molecule has 1 aliphatic heterocycles. The van der Waals surface area contributed by atoms with Crippen LogP contribution in [0.1, 0.15) is 23.0 Å². The predicted octanol–water partition coefficient (Wildman–Crippen LogP) is 4.25. The molecule has 26 heavy (non-hydrogen) atoms. The standard InChI is InChI=1S/C20H19ClN2O3/c1-2-23(12-14-4-3-5-18-19(14)26-9-8-25-18)20(24)17-10-13-6-7-15(21)11-16(13)22-17/h3-7,10-11,22H,2,8-9,12H2,1H3. The normalized spacial score (nSPS) is 13.0. The van der Waals surface area contributed by atoms with Gasteiger partial charge in [0.05, 0.1) is 0 Å². The summed E-state index contributed by atoms with van der Waals surface area (Å²) in [7, 11) is 0. The molecule has 0 radical (unpaired) electrons. The quantitative estimate of drug-likeness (QED) is 0.746. The van der Waals surface area contributed by atoms with Gasteiger partial charge >= 0.3 is 0 Å². The van der Waals surface area contributed by atoms with Crippen molar-refractivity contribution in [2.24, 2.45) is 0 Å². The molecule has 0 atom stereocenters. The zero-order chi connectivity index (χ0) is 18.1. The third-order valence-corrected chi connectivity index (χ3v) is 4.73. The molecule has 4 rings (SSSR count). The summed E-state index contributed by atoms with van der Waals surface area (Å²) < 4.78 is 11.4. The van der Waals surface area contributed by atoms with E-state index in [1.54, 1.807) is 4.90 Å². The van der Waals surface area contributed by atoms with Crippen molar-refractivity contribution in [2.45, 2.75) is 13.5 Å². The first-order valence-electron chi connectivity index (χ1n) is 8.60. The zero-order valence-electron chi connectivity index (χ0n) is 14.4. The van der Waals surface area contributed by atoms with Gasteiger partial charge in [-0.3, -0.25) is 4.79 Å². The van der Waals surface area contributed by atoms with Gasteiger partial charge in [-0.05, 0) is 31.2 Å². The number of hydrogen-bond acceptors (Lipinski definition) is 3. The van der Waals surface area contributed by atoms with E-state index < -0.39 is 0 Å². The number of hydrogen-bond donors (Lipinski definition) is 1. The number of carbonyl (C=O) groups is 1. The summed E-state index contributed by atoms with van der Waals surface area (Å²) in [4.78, 5) is 17.9. The first kappa shape index (κ1) is 16.8. The molecule has 0 saturated carbocycles. The molecule has 0 saturated heterocycles. The Bertz CT molecular complexity index is 967. The molecule has 1 aromatic heterocycles. The van der Waals surface area contributed by atoms with Crippen molar-refractivity contribution in [3.05, 3.63) is 58.7 Å². The van der Waals surface area contributed by atoms with Crippen LogP contribution >= 0.6 is 11.6 Å². The molecule has 134 valence electrons. The second-order valence-corrected chi connectivity index (χ2v) is 6.61. The highest BCUT2D eigenvalue weighted by Gasteiger charge is 2.21. The van der Waals surface area contributed by atoms with Crippen molar-refractivity contribution in [1.29, 1.82) is 0 Å². The second-order valence-electron chi connectivity index (χ2n) is 6.18. The summed E-state index contributed by atoms with van der Waals surface area (Å²) in [6, 6.07) is 13.2. The lowest BCUT2D eigenvalue weighted by atomic mass is 10.1. The summed E-state index contributed by atoms with van der Waals surface area (Å²) in [6.07, 6.45) is 0. The van der Waals surface area contributed by atoms with Gasteiger partial charge in [-0.1, -0.05) is 29.8 Å². The van der Waals surface area contributed by atoms with Gasteiger partial charge in [-0.25, -0.2) is 0 Å². The van der Waals surface area contributed by atoms with Crippen molar-refractivity contribution in [1.82, 2.24) is 9.88 Å². The molecule has 1 N–H and O–H groups in total. The Morgan fingerprint density at radius 1 is 1.19 bits per heavy atom. The summed E-state index contributed by atoms with van der Waals surface area (Å²) >= 11 is 6.03. The smallest absolute Gasteiger partial charge is 0.270 e. The SMILES string of the molecule is CCN(Cc1cccc2c1OCCO2)C(=O)c1cc2ccc(Cl)cc2[nH]1. The number of ether oxygens (including phenoxy) is 2. The van der Waals surface area contributed by atoms with Gasteiger partial charge in [-0.2, -0.15) is 0 Å². The van der Waals surface area contributed by atoms with Gasteiger partial charge in [0.1, 0.15) is 18.9 Å². The molecular formula is C20H19ClN2O3. The predicted molar refractivity (Wildman–Crippen MR) is 101 cm³/mol. The number of nitrogens with one attached hydrogen (secondary N) is 1. The number of para-hydroxylation sites is 1. The molecular weight excluding hydrogens is 352 g/mol. The Labute approximate surface area is 156 Å². The maximum atomic E-state index is 13.0. The second kappa shape index (κ2) is 6.92. The first-order valence-corrected chi connectivity index (χ1v) is 8.98. The van der Waals surface area contributed by atoms with Crippen LogP contribution in [0.15, 0.2) is 42.5 Å². The summed E-state index contributed by atoms with van der Waals surface area (Å²) in [5, 5.41) is 1.60. The fourth-order valence-electron chi connectivity index (χ4n) is 3.18. The number of halogens is 1. The summed E-state index contributed by atoms with van der Waals surface area (Å²) in [5.74, 6) is 1.40. The minimum absolute atomic E-state index is 0.0610. The van der Waals surface area contributed by atoms with Crippen LogP contribution in [0.5, 0.6) is 11.5 Å². The van der Waals surface area contributed by atoms with E-state index in [0.717, 1.165) is 28.0 Å². The number of nitrogens with zero attached hydrogens (tertiary/aromatic N) is 1. The molecule has 0 spiro atoms. The van der Waals surface area contributed by atoms with Crippen molar-refractivity contribution in [2.75, 3.05) is 19.8 Å². The number of rotatable bonds is 4. The lowest BCUT2D eigenvalue weighted by molar-refractivity contribution is 0.0744. The molecule has 5 nitrogen and oxygen atoms in total. The largest absolute Gasteiger partial charge is 0.486 e. The maximum Gasteiger partial charge on any atom is 0.270 e. The Morgan fingerprint density at radius 3 is 2.88 bits per heavy atom. The third kappa shape index (κ3) is 3.10. The topological polar surface area (TPSA) is 54.6 Å². The van der Waals surface area contributed by atoms with Gasteiger partial charge in [0, 0.05) is 34.6 Å². The molecule has 0 bridgehead atoms. The van der Waals surface area contributed by atoms with Crippen LogP contribution in [0, 0.1) is 0 Å². The minimum Gasteiger partial charge on any atom is -0.486 e. The van der Waals surface area contributed by atoms with Crippen LogP contribution in [0.4, 0.5) is 0 Å². The van der Waals surface area contributed by atoms with Crippen LogP contribution < -0.4 is 9.47 Å². The molecule has 1 aliphatic rings. The van der Waals surface area contributed by atoms with E-state index in [-0.39, 0.29) is 5.91 Å². The van der Waals surface area contributed by atoms with Gasteiger partial charge < -0.3 is 19.4 Å². The van der Waals surface area contributed by atoms with Crippen molar-refractivity contribution < 1.29 is 14.3 Å². The molecule has 0 aliphatic carbocycles. The van der Waals surface area contributed by atoms with Crippen molar-refractivity contribution in [3.63, 3.8) is 0 Å². The monoisotopic (exact) mass is 370 g/mol.